The van der Waals surface area contributed by atoms with Crippen LogP contribution in [0, 0.1) is 47.3 Å². The average molecular weight is 297 g/mol. The Morgan fingerprint density at radius 1 is 0.524 bits per heavy atom. The molecule has 0 aliphatic rings. The monoisotopic (exact) mass is 296 g/mol. The Hall–Kier alpha value is 0. The molecular formula is C21H44. The summed E-state index contributed by atoms with van der Waals surface area (Å²) >= 11 is 0. The Bertz CT molecular complexity index is 255. The van der Waals surface area contributed by atoms with E-state index in [1.54, 1.807) is 0 Å². The fourth-order valence-electron chi connectivity index (χ4n) is 3.58. The van der Waals surface area contributed by atoms with Crippen LogP contribution in [0.1, 0.15) is 88.5 Å². The van der Waals surface area contributed by atoms with Gasteiger partial charge in [0.2, 0.25) is 0 Å². The predicted molar refractivity (Wildman–Crippen MR) is 98.5 cm³/mol. The SMILES string of the molecule is CCC(C)CCC(C)C(C)C(C)C(C)C(C)C(C)C(C)C. The zero-order chi connectivity index (χ0) is 16.7. The second-order valence-electron chi connectivity index (χ2n) is 8.61. The molecule has 7 unspecified atom stereocenters. The molecule has 0 amide bonds. The number of hydrogen-bond donors (Lipinski definition) is 0. The standard InChI is InChI=1S/C21H44/c1-11-15(4)12-13-16(5)18(7)20(9)21(10)19(8)17(6)14(2)3/h14-21H,11-13H2,1-10H3. The quantitative estimate of drug-likeness (QED) is 0.397. The maximum atomic E-state index is 2.50. The highest BCUT2D eigenvalue weighted by Gasteiger charge is 2.30. The van der Waals surface area contributed by atoms with E-state index in [0.29, 0.717) is 0 Å². The van der Waals surface area contributed by atoms with Crippen LogP contribution >= 0.6 is 0 Å². The van der Waals surface area contributed by atoms with Crippen molar-refractivity contribution < 1.29 is 0 Å². The molecule has 0 heterocycles. The predicted octanol–water partition coefficient (Wildman–Crippen LogP) is 7.29. The molecule has 0 rings (SSSR count). The molecule has 0 radical (unpaired) electrons. The van der Waals surface area contributed by atoms with Crippen molar-refractivity contribution in [3.05, 3.63) is 0 Å². The van der Waals surface area contributed by atoms with E-state index in [0.717, 1.165) is 47.3 Å². The minimum atomic E-state index is 0.799. The lowest BCUT2D eigenvalue weighted by Crippen LogP contribution is -2.30. The fourth-order valence-corrected chi connectivity index (χ4v) is 3.58. The molecule has 0 aromatic carbocycles. The van der Waals surface area contributed by atoms with Crippen molar-refractivity contribution in [2.75, 3.05) is 0 Å². The highest BCUT2D eigenvalue weighted by molar-refractivity contribution is 4.79. The summed E-state index contributed by atoms with van der Waals surface area (Å²) in [5.41, 5.74) is 0. The van der Waals surface area contributed by atoms with E-state index in [9.17, 15) is 0 Å². The maximum Gasteiger partial charge on any atom is -0.0386 e. The van der Waals surface area contributed by atoms with Gasteiger partial charge in [0.15, 0.2) is 0 Å². The smallest absolute Gasteiger partial charge is 0.0386 e. The van der Waals surface area contributed by atoms with Crippen LogP contribution in [0.5, 0.6) is 0 Å². The van der Waals surface area contributed by atoms with Gasteiger partial charge in [-0.3, -0.25) is 0 Å². The molecule has 0 saturated heterocycles. The minimum absolute atomic E-state index is 0.799. The van der Waals surface area contributed by atoms with Crippen molar-refractivity contribution in [2.45, 2.75) is 88.5 Å². The summed E-state index contributed by atoms with van der Waals surface area (Å²) in [6.07, 6.45) is 4.14. The van der Waals surface area contributed by atoms with Gasteiger partial charge in [0.1, 0.15) is 0 Å². The van der Waals surface area contributed by atoms with Gasteiger partial charge >= 0.3 is 0 Å². The van der Waals surface area contributed by atoms with Crippen LogP contribution in [-0.2, 0) is 0 Å². The van der Waals surface area contributed by atoms with E-state index in [-0.39, 0.29) is 0 Å². The molecule has 0 fully saturated rings. The van der Waals surface area contributed by atoms with Crippen LogP contribution in [0.4, 0.5) is 0 Å². The Morgan fingerprint density at radius 2 is 0.952 bits per heavy atom. The molecule has 0 aliphatic heterocycles. The van der Waals surface area contributed by atoms with Crippen molar-refractivity contribution in [1.29, 1.82) is 0 Å². The summed E-state index contributed by atoms with van der Waals surface area (Å²) in [7, 11) is 0. The molecule has 0 aromatic rings. The summed E-state index contributed by atoms with van der Waals surface area (Å²) < 4.78 is 0. The minimum Gasteiger partial charge on any atom is -0.0651 e. The van der Waals surface area contributed by atoms with Gasteiger partial charge in [-0.25, -0.2) is 0 Å². The van der Waals surface area contributed by atoms with Gasteiger partial charge in [0.25, 0.3) is 0 Å². The first-order valence-electron chi connectivity index (χ1n) is 9.63. The molecule has 0 heteroatoms. The van der Waals surface area contributed by atoms with Gasteiger partial charge in [0, 0.05) is 0 Å². The van der Waals surface area contributed by atoms with Gasteiger partial charge in [-0.2, -0.15) is 0 Å². The van der Waals surface area contributed by atoms with Crippen molar-refractivity contribution in [3.8, 4) is 0 Å². The molecule has 0 N–H and O–H groups in total. The van der Waals surface area contributed by atoms with Crippen molar-refractivity contribution in [2.24, 2.45) is 47.3 Å². The molecule has 0 aromatic heterocycles. The van der Waals surface area contributed by atoms with E-state index < -0.39 is 0 Å². The highest BCUT2D eigenvalue weighted by Crippen LogP contribution is 2.37. The lowest BCUT2D eigenvalue weighted by Gasteiger charge is -2.37. The topological polar surface area (TPSA) is 0 Å². The van der Waals surface area contributed by atoms with Crippen LogP contribution in [0.25, 0.3) is 0 Å². The van der Waals surface area contributed by atoms with Gasteiger partial charge in [-0.05, 0) is 47.3 Å². The second-order valence-corrected chi connectivity index (χ2v) is 8.61. The van der Waals surface area contributed by atoms with Crippen molar-refractivity contribution in [1.82, 2.24) is 0 Å². The average Bonchev–Trinajstić information content (AvgIpc) is 2.47. The van der Waals surface area contributed by atoms with Crippen LogP contribution in [0.2, 0.25) is 0 Å². The first kappa shape index (κ1) is 21.0. The lowest BCUT2D eigenvalue weighted by atomic mass is 9.68. The molecule has 21 heavy (non-hydrogen) atoms. The molecule has 0 saturated carbocycles. The van der Waals surface area contributed by atoms with E-state index in [1.165, 1.54) is 19.3 Å². The third-order valence-electron chi connectivity index (χ3n) is 7.08. The molecule has 0 nitrogen and oxygen atoms in total. The summed E-state index contributed by atoms with van der Waals surface area (Å²) in [6, 6.07) is 0. The Labute approximate surface area is 136 Å². The van der Waals surface area contributed by atoms with E-state index in [4.69, 9.17) is 0 Å². The zero-order valence-electron chi connectivity index (χ0n) is 16.7. The van der Waals surface area contributed by atoms with Gasteiger partial charge in [-0.15, -0.1) is 0 Å². The highest BCUT2D eigenvalue weighted by atomic mass is 14.4. The number of rotatable bonds is 10. The Kier molecular flexibility index (Phi) is 9.90. The summed E-state index contributed by atoms with van der Waals surface area (Å²) in [4.78, 5) is 0. The Balaban J connectivity index is 4.50. The van der Waals surface area contributed by atoms with Crippen molar-refractivity contribution >= 4 is 0 Å². The van der Waals surface area contributed by atoms with Crippen LogP contribution in [0.15, 0.2) is 0 Å². The number of hydrogen-bond acceptors (Lipinski definition) is 0. The van der Waals surface area contributed by atoms with E-state index in [1.807, 2.05) is 0 Å². The third-order valence-corrected chi connectivity index (χ3v) is 7.08. The van der Waals surface area contributed by atoms with Crippen LogP contribution in [-0.4, -0.2) is 0 Å². The molecule has 0 spiro atoms. The maximum absolute atomic E-state index is 2.50. The summed E-state index contributed by atoms with van der Waals surface area (Å²) in [6.45, 7) is 24.3. The Morgan fingerprint density at radius 3 is 1.38 bits per heavy atom. The molecular weight excluding hydrogens is 252 g/mol. The molecule has 128 valence electrons. The van der Waals surface area contributed by atoms with E-state index in [2.05, 4.69) is 69.2 Å². The lowest BCUT2D eigenvalue weighted by molar-refractivity contribution is 0.117. The van der Waals surface area contributed by atoms with Gasteiger partial charge < -0.3 is 0 Å². The summed E-state index contributed by atoms with van der Waals surface area (Å²) in [5, 5.41) is 0. The molecule has 7 atom stereocenters. The molecule has 0 bridgehead atoms. The normalized spacial score (nSPS) is 22.4. The van der Waals surface area contributed by atoms with Gasteiger partial charge in [0.05, 0.1) is 0 Å². The second kappa shape index (κ2) is 9.90. The largest absolute Gasteiger partial charge is 0.0651 e. The first-order valence-corrected chi connectivity index (χ1v) is 9.63. The van der Waals surface area contributed by atoms with Crippen LogP contribution in [0.3, 0.4) is 0 Å². The van der Waals surface area contributed by atoms with Gasteiger partial charge in [-0.1, -0.05) is 88.5 Å². The first-order chi connectivity index (χ1) is 9.63. The van der Waals surface area contributed by atoms with Crippen LogP contribution < -0.4 is 0 Å². The third kappa shape index (κ3) is 6.74. The fraction of sp³-hybridized carbons (Fsp3) is 1.00. The van der Waals surface area contributed by atoms with Crippen molar-refractivity contribution in [3.63, 3.8) is 0 Å². The molecule has 0 aliphatic carbocycles. The van der Waals surface area contributed by atoms with E-state index >= 15 is 0 Å². The summed E-state index contributed by atoms with van der Waals surface area (Å²) in [5.74, 6) is 6.69. The zero-order valence-corrected chi connectivity index (χ0v) is 16.7.